The first-order valence-electron chi connectivity index (χ1n) is 12.7. The van der Waals surface area contributed by atoms with Crippen molar-refractivity contribution in [2.75, 3.05) is 0 Å². The summed E-state index contributed by atoms with van der Waals surface area (Å²) in [6, 6.07) is 18.6. The van der Waals surface area contributed by atoms with Gasteiger partial charge in [0, 0.05) is 21.3 Å². The maximum Gasteiger partial charge on any atom is 0.212 e. The van der Waals surface area contributed by atoms with Crippen molar-refractivity contribution in [3.05, 3.63) is 77.5 Å². The van der Waals surface area contributed by atoms with Gasteiger partial charge in [-0.3, -0.25) is 0 Å². The first kappa shape index (κ1) is 19.3. The molecule has 1 unspecified atom stereocenters. The number of hydrogen-bond donors (Lipinski definition) is 0. The van der Waals surface area contributed by atoms with Crippen LogP contribution < -0.4 is 4.57 Å². The Morgan fingerprint density at radius 2 is 1.61 bits per heavy atom. The van der Waals surface area contributed by atoms with Gasteiger partial charge in [0.2, 0.25) is 5.69 Å². The van der Waals surface area contributed by atoms with Crippen LogP contribution >= 0.6 is 0 Å². The Hall–Kier alpha value is -2.41. The number of hydrogen-bond acceptors (Lipinski definition) is 0. The minimum atomic E-state index is -1.55. The molecule has 0 amide bonds. The molecular weight excluding hydrogens is 374 g/mol. The summed E-state index contributed by atoms with van der Waals surface area (Å²) >= 11 is 0. The van der Waals surface area contributed by atoms with Gasteiger partial charge in [0.05, 0.1) is 0 Å². The molecule has 31 heavy (non-hydrogen) atoms. The topological polar surface area (TPSA) is 3.88 Å². The van der Waals surface area contributed by atoms with Gasteiger partial charge in [-0.1, -0.05) is 84.9 Å². The standard InChI is InChI=1S/C30H40N/c1-21-12-10-11-13-27(21)28-15-14-24(20-31(28)9)26-17-23(19-29(3,4)5)16-25(18-26)22(2)30(6,7)8/h10-18,20,22H,19H2,1-9H3/q+1/i19D2,22D. The number of aromatic nitrogens is 1. The summed E-state index contributed by atoms with van der Waals surface area (Å²) in [5.74, 6) is -0.880. The zero-order chi connectivity index (χ0) is 25.7. The summed E-state index contributed by atoms with van der Waals surface area (Å²) < 4.78 is 29.2. The molecule has 1 heterocycles. The lowest BCUT2D eigenvalue weighted by atomic mass is 9.76. The van der Waals surface area contributed by atoms with Crippen molar-refractivity contribution in [2.45, 2.75) is 67.7 Å². The average molecular weight is 418 g/mol. The Labute approximate surface area is 194 Å². The summed E-state index contributed by atoms with van der Waals surface area (Å²) in [5.41, 5.74) is 6.08. The first-order valence-corrected chi connectivity index (χ1v) is 11.2. The quantitative estimate of drug-likeness (QED) is 0.380. The van der Waals surface area contributed by atoms with E-state index in [0.717, 1.165) is 22.4 Å². The molecule has 0 saturated carbocycles. The van der Waals surface area contributed by atoms with Crippen LogP contribution in [0.25, 0.3) is 22.4 Å². The van der Waals surface area contributed by atoms with Gasteiger partial charge in [0.15, 0.2) is 6.20 Å². The number of aryl methyl sites for hydroxylation is 2. The summed E-state index contributed by atoms with van der Waals surface area (Å²) in [7, 11) is 2.05. The zero-order valence-electron chi connectivity index (χ0n) is 23.7. The van der Waals surface area contributed by atoms with E-state index >= 15 is 0 Å². The van der Waals surface area contributed by atoms with Crippen LogP contribution in [-0.2, 0) is 13.4 Å². The molecule has 0 aliphatic heterocycles. The number of rotatable bonds is 4. The molecule has 1 atom stereocenters. The van der Waals surface area contributed by atoms with E-state index in [1.165, 1.54) is 11.1 Å². The van der Waals surface area contributed by atoms with E-state index in [4.69, 9.17) is 2.74 Å². The number of nitrogens with zero attached hydrogens (tertiary/aromatic N) is 1. The fraction of sp³-hybridized carbons (Fsp3) is 0.433. The molecule has 164 valence electrons. The van der Waals surface area contributed by atoms with E-state index < -0.39 is 17.7 Å². The third-order valence-corrected chi connectivity index (χ3v) is 5.90. The maximum absolute atomic E-state index is 9.22. The third kappa shape index (κ3) is 5.64. The highest BCUT2D eigenvalue weighted by Crippen LogP contribution is 2.37. The Morgan fingerprint density at radius 3 is 2.19 bits per heavy atom. The number of pyridine rings is 1. The molecule has 0 bridgehead atoms. The molecule has 3 rings (SSSR count). The van der Waals surface area contributed by atoms with Crippen LogP contribution in [0.2, 0.25) is 0 Å². The Balaban J connectivity index is 2.24. The molecule has 1 heteroatoms. The van der Waals surface area contributed by atoms with E-state index in [1.54, 1.807) is 0 Å². The Kier molecular flexibility index (Phi) is 5.36. The molecular formula is C30H40N+. The van der Waals surface area contributed by atoms with E-state index in [-0.39, 0.29) is 5.41 Å². The smallest absolute Gasteiger partial charge is 0.200 e. The summed E-state index contributed by atoms with van der Waals surface area (Å²) in [6.45, 7) is 16.1. The van der Waals surface area contributed by atoms with Crippen molar-refractivity contribution >= 4 is 0 Å². The van der Waals surface area contributed by atoms with Crippen molar-refractivity contribution in [3.63, 3.8) is 0 Å². The van der Waals surface area contributed by atoms with Gasteiger partial charge >= 0.3 is 0 Å². The van der Waals surface area contributed by atoms with Crippen molar-refractivity contribution in [1.29, 1.82) is 0 Å². The first-order chi connectivity index (χ1) is 15.5. The molecule has 0 N–H and O–H groups in total. The minimum Gasteiger partial charge on any atom is -0.200 e. The van der Waals surface area contributed by atoms with Gasteiger partial charge < -0.3 is 0 Å². The van der Waals surface area contributed by atoms with Crippen molar-refractivity contribution in [1.82, 2.24) is 0 Å². The molecule has 3 aromatic rings. The van der Waals surface area contributed by atoms with E-state index in [2.05, 4.69) is 80.9 Å². The van der Waals surface area contributed by atoms with E-state index in [1.807, 2.05) is 46.9 Å². The predicted molar refractivity (Wildman–Crippen MR) is 134 cm³/mol. The lowest BCUT2D eigenvalue weighted by Gasteiger charge is -2.29. The molecule has 0 radical (unpaired) electrons. The fourth-order valence-electron chi connectivity index (χ4n) is 3.87. The molecule has 1 aromatic heterocycles. The second-order valence-corrected chi connectivity index (χ2v) is 10.8. The highest BCUT2D eigenvalue weighted by atomic mass is 14.9. The zero-order valence-corrected chi connectivity index (χ0v) is 20.7. The maximum atomic E-state index is 9.22. The van der Waals surface area contributed by atoms with E-state index in [0.29, 0.717) is 5.56 Å². The molecule has 0 saturated heterocycles. The van der Waals surface area contributed by atoms with Crippen LogP contribution in [0, 0.1) is 17.8 Å². The van der Waals surface area contributed by atoms with Gasteiger partial charge in [-0.25, -0.2) is 4.57 Å². The highest BCUT2D eigenvalue weighted by molar-refractivity contribution is 5.67. The summed E-state index contributed by atoms with van der Waals surface area (Å²) in [6.07, 6.45) is 0.560. The van der Waals surface area contributed by atoms with Crippen molar-refractivity contribution < 1.29 is 8.68 Å². The van der Waals surface area contributed by atoms with Crippen LogP contribution in [0.15, 0.2) is 60.8 Å². The molecule has 0 aliphatic carbocycles. The lowest BCUT2D eigenvalue weighted by molar-refractivity contribution is -0.659. The van der Waals surface area contributed by atoms with Gasteiger partial charge in [-0.15, -0.1) is 0 Å². The molecule has 2 aromatic carbocycles. The van der Waals surface area contributed by atoms with E-state index in [9.17, 15) is 1.37 Å². The SMILES string of the molecule is [2H]C([2H])(c1cc(-c2ccc(-c3ccccc3C)[n+](C)c2)cc(C([2H])(C)C(C)(C)C)c1)C(C)(C)C. The molecule has 0 spiro atoms. The largest absolute Gasteiger partial charge is 0.212 e. The van der Waals surface area contributed by atoms with Gasteiger partial charge in [0.25, 0.3) is 0 Å². The minimum absolute atomic E-state index is 0.309. The lowest BCUT2D eigenvalue weighted by Crippen LogP contribution is -2.30. The second-order valence-electron chi connectivity index (χ2n) is 10.8. The Bertz CT molecular complexity index is 1150. The van der Waals surface area contributed by atoms with Crippen molar-refractivity contribution in [2.24, 2.45) is 17.9 Å². The highest BCUT2D eigenvalue weighted by Gasteiger charge is 2.24. The average Bonchev–Trinajstić information content (AvgIpc) is 2.72. The van der Waals surface area contributed by atoms with Crippen LogP contribution in [0.3, 0.4) is 0 Å². The van der Waals surface area contributed by atoms with Crippen LogP contribution in [0.5, 0.6) is 0 Å². The van der Waals surface area contributed by atoms with Gasteiger partial charge in [-0.2, -0.15) is 0 Å². The number of benzene rings is 2. The van der Waals surface area contributed by atoms with Gasteiger partial charge in [0.1, 0.15) is 7.05 Å². The monoisotopic (exact) mass is 417 g/mol. The van der Waals surface area contributed by atoms with Crippen LogP contribution in [-0.4, -0.2) is 0 Å². The molecule has 1 nitrogen and oxygen atoms in total. The predicted octanol–water partition coefficient (Wildman–Crippen LogP) is 7.89. The summed E-state index contributed by atoms with van der Waals surface area (Å²) in [4.78, 5) is 0. The summed E-state index contributed by atoms with van der Waals surface area (Å²) in [5, 5.41) is 0. The third-order valence-electron chi connectivity index (χ3n) is 5.90. The normalized spacial score (nSPS) is 16.2. The van der Waals surface area contributed by atoms with Crippen molar-refractivity contribution in [3.8, 4) is 22.4 Å². The Morgan fingerprint density at radius 1 is 0.935 bits per heavy atom. The van der Waals surface area contributed by atoms with Crippen LogP contribution in [0.1, 0.15) is 75.2 Å². The fourth-order valence-corrected chi connectivity index (χ4v) is 3.87. The van der Waals surface area contributed by atoms with Crippen LogP contribution in [0.4, 0.5) is 0 Å². The van der Waals surface area contributed by atoms with Gasteiger partial charge in [-0.05, 0) is 64.4 Å². The molecule has 0 aliphatic rings. The molecule has 0 fully saturated rings. The second kappa shape index (κ2) is 8.61.